The second-order valence-electron chi connectivity index (χ2n) is 13.7. The van der Waals surface area contributed by atoms with Gasteiger partial charge >= 0.3 is 17.9 Å². The summed E-state index contributed by atoms with van der Waals surface area (Å²) < 4.78 is 49.1. The highest BCUT2D eigenvalue weighted by Gasteiger charge is 2.61. The van der Waals surface area contributed by atoms with Crippen LogP contribution in [0.4, 0.5) is 0 Å². The van der Waals surface area contributed by atoms with Crippen LogP contribution in [0.2, 0.25) is 0 Å². The molecule has 0 bridgehead atoms. The van der Waals surface area contributed by atoms with Gasteiger partial charge in [0.05, 0.1) is 27.9 Å². The molecule has 3 aromatic rings. The van der Waals surface area contributed by atoms with E-state index in [1.807, 2.05) is 0 Å². The first kappa shape index (κ1) is 46.8. The topological polar surface area (TPSA) is 296 Å². The molecule has 2 heterocycles. The molecule has 62 heavy (non-hydrogen) atoms. The fraction of sp³-hybridized carbons (Fsp3) is 0.357. The predicted octanol–water partition coefficient (Wildman–Crippen LogP) is 0.540. The van der Waals surface area contributed by atoms with Crippen LogP contribution in [0.25, 0.3) is 18.2 Å². The molecule has 2 aliphatic rings. The number of phenolic OH excluding ortho intramolecular Hbond substituents is 3. The van der Waals surface area contributed by atoms with Gasteiger partial charge in [-0.05, 0) is 71.3 Å². The maximum absolute atomic E-state index is 13.3. The van der Waals surface area contributed by atoms with Gasteiger partial charge in [-0.1, -0.05) is 18.2 Å². The number of aliphatic hydroxyl groups is 5. The molecule has 0 radical (unpaired) electrons. The molecule has 3 aromatic carbocycles. The number of hydrogen-bond acceptors (Lipinski definition) is 20. The highest BCUT2D eigenvalue weighted by Crippen LogP contribution is 2.39. The van der Waals surface area contributed by atoms with Crippen LogP contribution >= 0.6 is 0 Å². The molecule has 20 heteroatoms. The van der Waals surface area contributed by atoms with Crippen LogP contribution < -0.4 is 14.2 Å². The number of carbonyl (C=O) groups excluding carboxylic acids is 3. The summed E-state index contributed by atoms with van der Waals surface area (Å²) in [6.07, 6.45) is -8.09. The van der Waals surface area contributed by atoms with Crippen molar-refractivity contribution >= 4 is 36.1 Å². The van der Waals surface area contributed by atoms with E-state index in [4.69, 9.17) is 42.6 Å². The van der Waals surface area contributed by atoms with Crippen molar-refractivity contribution in [3.8, 4) is 34.5 Å². The minimum Gasteiger partial charge on any atom is -0.504 e. The van der Waals surface area contributed by atoms with E-state index < -0.39 is 92.5 Å². The van der Waals surface area contributed by atoms with Crippen molar-refractivity contribution < 1.29 is 97.9 Å². The number of rotatable bonds is 17. The Morgan fingerprint density at radius 3 is 1.58 bits per heavy atom. The molecule has 8 N–H and O–H groups in total. The van der Waals surface area contributed by atoms with Gasteiger partial charge in [0.1, 0.15) is 43.7 Å². The number of phenols is 3. The van der Waals surface area contributed by atoms with E-state index in [1.165, 1.54) is 94.2 Å². The quantitative estimate of drug-likeness (QED) is 0.0522. The number of methoxy groups -OCH3 is 3. The molecular formula is C42H46O20. The number of esters is 3. The molecule has 9 atom stereocenters. The standard InChI is InChI=1S/C42H46O20/c1-54-28-16-22(4-10-25(28)44)7-13-33(47)57-20-32-39(60-35(49)15-9-24-6-12-27(46)30(18-24)56-3)40(53)42(61-32,62-41-38(52)37(51)36(50)31(19-43)59-41)21-58-34(48)14-8-23-5-11-26(45)29(17-23)55-2/h4-18,31-32,36-41,43-46,50-53H,19-21H2,1-3H3/b13-7+,14-8+,15-9+/t31-,32-,36+,37+,38-,39-,40+,41-,42+/m1/s1. The van der Waals surface area contributed by atoms with E-state index in [0.717, 1.165) is 18.2 Å². The van der Waals surface area contributed by atoms with E-state index in [0.29, 0.717) is 16.7 Å². The zero-order chi connectivity index (χ0) is 45.1. The Bertz CT molecular complexity index is 2130. The minimum absolute atomic E-state index is 0.0999. The molecule has 0 aromatic heterocycles. The summed E-state index contributed by atoms with van der Waals surface area (Å²) in [4.78, 5) is 39.4. The summed E-state index contributed by atoms with van der Waals surface area (Å²) in [5.74, 6) is -5.90. The summed E-state index contributed by atoms with van der Waals surface area (Å²) in [5, 5.41) is 83.2. The molecule has 2 aliphatic heterocycles. The lowest BCUT2D eigenvalue weighted by Gasteiger charge is -2.43. The first-order chi connectivity index (χ1) is 29.6. The molecule has 0 unspecified atom stereocenters. The van der Waals surface area contributed by atoms with Gasteiger partial charge in [-0.2, -0.15) is 0 Å². The smallest absolute Gasteiger partial charge is 0.331 e. The normalized spacial score (nSPS) is 26.1. The van der Waals surface area contributed by atoms with E-state index >= 15 is 0 Å². The van der Waals surface area contributed by atoms with Crippen molar-refractivity contribution in [1.29, 1.82) is 0 Å². The van der Waals surface area contributed by atoms with Crippen LogP contribution in [0.1, 0.15) is 16.7 Å². The van der Waals surface area contributed by atoms with Crippen LogP contribution in [0.15, 0.2) is 72.8 Å². The first-order valence-corrected chi connectivity index (χ1v) is 18.7. The van der Waals surface area contributed by atoms with Gasteiger partial charge in [0, 0.05) is 18.2 Å². The fourth-order valence-electron chi connectivity index (χ4n) is 6.22. The van der Waals surface area contributed by atoms with Gasteiger partial charge in [-0.3, -0.25) is 0 Å². The van der Waals surface area contributed by atoms with Gasteiger partial charge in [0.2, 0.25) is 5.79 Å². The third-order valence-electron chi connectivity index (χ3n) is 9.55. The highest BCUT2D eigenvalue weighted by atomic mass is 16.8. The molecule has 0 amide bonds. The Balaban J connectivity index is 1.45. The Kier molecular flexibility index (Phi) is 15.9. The Labute approximate surface area is 353 Å². The Morgan fingerprint density at radius 2 is 1.11 bits per heavy atom. The summed E-state index contributed by atoms with van der Waals surface area (Å²) in [7, 11) is 3.99. The number of aromatic hydroxyl groups is 3. The largest absolute Gasteiger partial charge is 0.504 e. The van der Waals surface area contributed by atoms with Crippen molar-refractivity contribution in [2.24, 2.45) is 0 Å². The van der Waals surface area contributed by atoms with Gasteiger partial charge < -0.3 is 83.5 Å². The molecule has 20 nitrogen and oxygen atoms in total. The van der Waals surface area contributed by atoms with Crippen molar-refractivity contribution in [2.45, 2.75) is 54.8 Å². The second-order valence-corrected chi connectivity index (χ2v) is 13.7. The Hall–Kier alpha value is -6.23. The third-order valence-corrected chi connectivity index (χ3v) is 9.55. The molecule has 5 rings (SSSR count). The zero-order valence-corrected chi connectivity index (χ0v) is 33.4. The lowest BCUT2D eigenvalue weighted by molar-refractivity contribution is -0.383. The summed E-state index contributed by atoms with van der Waals surface area (Å²) in [6, 6.07) is 12.7. The average molecular weight is 871 g/mol. The maximum atomic E-state index is 13.3. The van der Waals surface area contributed by atoms with Gasteiger partial charge in [-0.25, -0.2) is 14.4 Å². The third kappa shape index (κ3) is 11.4. The second kappa shape index (κ2) is 21.0. The van der Waals surface area contributed by atoms with E-state index in [-0.39, 0.29) is 34.5 Å². The van der Waals surface area contributed by atoms with Crippen molar-refractivity contribution in [3.63, 3.8) is 0 Å². The first-order valence-electron chi connectivity index (χ1n) is 18.7. The molecule has 334 valence electrons. The molecule has 2 fully saturated rings. The summed E-state index contributed by atoms with van der Waals surface area (Å²) >= 11 is 0. The minimum atomic E-state index is -2.66. The van der Waals surface area contributed by atoms with Crippen LogP contribution in [0.3, 0.4) is 0 Å². The van der Waals surface area contributed by atoms with E-state index in [2.05, 4.69) is 0 Å². The van der Waals surface area contributed by atoms with Gasteiger partial charge in [0.15, 0.2) is 53.0 Å². The number of ether oxygens (including phenoxy) is 9. The summed E-state index contributed by atoms with van der Waals surface area (Å²) in [5.41, 5.74) is 1.21. The molecular weight excluding hydrogens is 824 g/mol. The molecule has 0 aliphatic carbocycles. The van der Waals surface area contributed by atoms with Crippen LogP contribution in [-0.2, 0) is 42.8 Å². The average Bonchev–Trinajstić information content (AvgIpc) is 3.52. The number of hydrogen-bond donors (Lipinski definition) is 8. The number of benzene rings is 3. The summed E-state index contributed by atoms with van der Waals surface area (Å²) in [6.45, 7) is -2.67. The van der Waals surface area contributed by atoms with Crippen molar-refractivity contribution in [3.05, 3.63) is 89.5 Å². The van der Waals surface area contributed by atoms with Crippen molar-refractivity contribution in [2.75, 3.05) is 41.2 Å². The van der Waals surface area contributed by atoms with Gasteiger partial charge in [-0.15, -0.1) is 0 Å². The van der Waals surface area contributed by atoms with Crippen LogP contribution in [-0.4, -0.2) is 155 Å². The number of carbonyl (C=O) groups is 3. The van der Waals surface area contributed by atoms with Gasteiger partial charge in [0.25, 0.3) is 0 Å². The number of aliphatic hydroxyl groups excluding tert-OH is 5. The van der Waals surface area contributed by atoms with Crippen molar-refractivity contribution in [1.82, 2.24) is 0 Å². The highest BCUT2D eigenvalue weighted by molar-refractivity contribution is 5.88. The lowest BCUT2D eigenvalue weighted by Crippen LogP contribution is -2.63. The SMILES string of the molecule is COc1cc(/C=C/C(=O)OC[C@H]2O[C@@](COC(=O)/C=C/c3ccc(O)c(OC)c3)(O[C@H]3O[C@H](CO)[C@H](O)[C@H](O)[C@H]3O)[C@@H](O)[C@@H]2OC(=O)/C=C/c2ccc(O)c(OC)c2)ccc1O. The molecule has 2 saturated heterocycles. The Morgan fingerprint density at radius 1 is 0.645 bits per heavy atom. The molecule has 0 spiro atoms. The fourth-order valence-corrected chi connectivity index (χ4v) is 6.22. The van der Waals surface area contributed by atoms with E-state index in [1.54, 1.807) is 0 Å². The predicted molar refractivity (Wildman–Crippen MR) is 211 cm³/mol. The lowest BCUT2D eigenvalue weighted by atomic mass is 9.99. The zero-order valence-electron chi connectivity index (χ0n) is 33.4. The van der Waals surface area contributed by atoms with E-state index in [9.17, 15) is 55.2 Å². The van der Waals surface area contributed by atoms with Crippen LogP contribution in [0.5, 0.6) is 34.5 Å². The maximum Gasteiger partial charge on any atom is 0.331 e. The van der Waals surface area contributed by atoms with Crippen LogP contribution in [0, 0.1) is 0 Å². The molecule has 0 saturated carbocycles. The monoisotopic (exact) mass is 870 g/mol.